The maximum Gasteiger partial charge on any atom is 0.325 e. The van der Waals surface area contributed by atoms with E-state index < -0.39 is 66.2 Å². The number of amides is 4. The van der Waals surface area contributed by atoms with Crippen LogP contribution in [0.4, 0.5) is 0 Å². The first-order chi connectivity index (χ1) is 14.3. The Hall–Kier alpha value is -3.22. The molecule has 0 heterocycles. The third kappa shape index (κ3) is 10.9. The van der Waals surface area contributed by atoms with E-state index in [-0.39, 0.29) is 25.2 Å². The SMILES string of the molecule is CC(NC(=O)C(CCC(N)=O)NC(=O)C(CCC(=O)O)NC(=O)C(N)C(C)C)C(=O)O. The molecule has 4 unspecified atom stereocenters. The minimum atomic E-state index is -1.34. The van der Waals surface area contributed by atoms with Crippen molar-refractivity contribution in [1.82, 2.24) is 16.0 Å². The number of carboxylic acid groups (broad SMARTS) is 2. The van der Waals surface area contributed by atoms with Gasteiger partial charge in [-0.15, -0.1) is 0 Å². The molecule has 0 aromatic carbocycles. The van der Waals surface area contributed by atoms with Crippen LogP contribution in [0.3, 0.4) is 0 Å². The van der Waals surface area contributed by atoms with Gasteiger partial charge in [0.25, 0.3) is 0 Å². The first-order valence-corrected chi connectivity index (χ1v) is 9.65. The Bertz CT molecular complexity index is 696. The lowest BCUT2D eigenvalue weighted by Gasteiger charge is -2.25. The molecular formula is C18H31N5O8. The van der Waals surface area contributed by atoms with Crippen LogP contribution in [-0.2, 0) is 28.8 Å². The molecule has 0 aliphatic rings. The minimum Gasteiger partial charge on any atom is -0.481 e. The fourth-order valence-corrected chi connectivity index (χ4v) is 2.31. The van der Waals surface area contributed by atoms with Gasteiger partial charge in [0.05, 0.1) is 6.04 Å². The van der Waals surface area contributed by atoms with E-state index in [4.69, 9.17) is 21.7 Å². The highest BCUT2D eigenvalue weighted by Gasteiger charge is 2.30. The highest BCUT2D eigenvalue weighted by molar-refractivity contribution is 5.94. The standard InChI is InChI=1S/C18H31N5O8/c1-8(2)14(20)17(29)23-11(5-7-13(25)26)16(28)22-10(4-6-12(19)24)15(27)21-9(3)18(30)31/h8-11,14H,4-7,20H2,1-3H3,(H2,19,24)(H,21,27)(H,22,28)(H,23,29)(H,25,26)(H,30,31). The molecule has 0 spiro atoms. The molecular weight excluding hydrogens is 414 g/mol. The Balaban J connectivity index is 5.47. The summed E-state index contributed by atoms with van der Waals surface area (Å²) in [6.45, 7) is 4.57. The van der Waals surface area contributed by atoms with E-state index in [1.54, 1.807) is 13.8 Å². The maximum atomic E-state index is 12.7. The number of carboxylic acids is 2. The molecule has 0 saturated carbocycles. The second-order valence-corrected chi connectivity index (χ2v) is 7.40. The van der Waals surface area contributed by atoms with Crippen molar-refractivity contribution in [3.05, 3.63) is 0 Å². The second-order valence-electron chi connectivity index (χ2n) is 7.40. The van der Waals surface area contributed by atoms with Crippen molar-refractivity contribution < 1.29 is 39.0 Å². The summed E-state index contributed by atoms with van der Waals surface area (Å²) in [6.07, 6.45) is -1.26. The van der Waals surface area contributed by atoms with Gasteiger partial charge in [-0.3, -0.25) is 28.8 Å². The minimum absolute atomic E-state index is 0.232. The first kappa shape index (κ1) is 27.8. The van der Waals surface area contributed by atoms with Crippen molar-refractivity contribution in [2.24, 2.45) is 17.4 Å². The van der Waals surface area contributed by atoms with Crippen LogP contribution in [0.1, 0.15) is 46.5 Å². The van der Waals surface area contributed by atoms with Gasteiger partial charge in [0.2, 0.25) is 23.6 Å². The highest BCUT2D eigenvalue weighted by atomic mass is 16.4. The van der Waals surface area contributed by atoms with Crippen molar-refractivity contribution in [3.8, 4) is 0 Å². The Morgan fingerprint density at radius 1 is 0.774 bits per heavy atom. The summed E-state index contributed by atoms with van der Waals surface area (Å²) in [5.74, 6) is -5.99. The third-order valence-electron chi connectivity index (χ3n) is 4.34. The van der Waals surface area contributed by atoms with E-state index in [0.29, 0.717) is 0 Å². The summed E-state index contributed by atoms with van der Waals surface area (Å²) in [5.41, 5.74) is 10.8. The topological polar surface area (TPSA) is 231 Å². The molecule has 13 nitrogen and oxygen atoms in total. The van der Waals surface area contributed by atoms with Crippen molar-refractivity contribution in [2.75, 3.05) is 0 Å². The van der Waals surface area contributed by atoms with Crippen molar-refractivity contribution in [2.45, 2.75) is 70.6 Å². The van der Waals surface area contributed by atoms with Crippen LogP contribution < -0.4 is 27.4 Å². The summed E-state index contributed by atoms with van der Waals surface area (Å²) in [4.78, 5) is 70.2. The molecule has 0 bridgehead atoms. The maximum absolute atomic E-state index is 12.7. The number of carbonyl (C=O) groups is 6. The van der Waals surface area contributed by atoms with E-state index in [9.17, 15) is 28.8 Å². The molecule has 31 heavy (non-hydrogen) atoms. The largest absolute Gasteiger partial charge is 0.481 e. The monoisotopic (exact) mass is 445 g/mol. The summed E-state index contributed by atoms with van der Waals surface area (Å²) >= 11 is 0. The molecule has 176 valence electrons. The Morgan fingerprint density at radius 3 is 1.65 bits per heavy atom. The number of nitrogens with one attached hydrogen (secondary N) is 3. The lowest BCUT2D eigenvalue weighted by molar-refractivity contribution is -0.142. The van der Waals surface area contributed by atoms with Gasteiger partial charge < -0.3 is 37.6 Å². The van der Waals surface area contributed by atoms with E-state index in [1.165, 1.54) is 6.92 Å². The Kier molecular flexibility index (Phi) is 11.8. The summed E-state index contributed by atoms with van der Waals surface area (Å²) in [6, 6.07) is -4.89. The second kappa shape index (κ2) is 13.2. The van der Waals surface area contributed by atoms with E-state index in [1.807, 2.05) is 0 Å². The molecule has 9 N–H and O–H groups in total. The molecule has 0 aromatic heterocycles. The third-order valence-corrected chi connectivity index (χ3v) is 4.34. The van der Waals surface area contributed by atoms with Gasteiger partial charge in [0.15, 0.2) is 0 Å². The fourth-order valence-electron chi connectivity index (χ4n) is 2.31. The molecule has 0 fully saturated rings. The zero-order valence-electron chi connectivity index (χ0n) is 17.7. The zero-order valence-corrected chi connectivity index (χ0v) is 17.7. The van der Waals surface area contributed by atoms with Crippen LogP contribution in [0.2, 0.25) is 0 Å². The Morgan fingerprint density at radius 2 is 1.23 bits per heavy atom. The lowest BCUT2D eigenvalue weighted by Crippen LogP contribution is -2.57. The van der Waals surface area contributed by atoms with Crippen LogP contribution >= 0.6 is 0 Å². The van der Waals surface area contributed by atoms with Crippen LogP contribution in [0.25, 0.3) is 0 Å². The zero-order chi connectivity index (χ0) is 24.3. The molecule has 0 saturated heterocycles. The molecule has 0 aromatic rings. The predicted molar refractivity (Wildman–Crippen MR) is 107 cm³/mol. The van der Waals surface area contributed by atoms with Gasteiger partial charge in [-0.05, 0) is 25.7 Å². The number of carbonyl (C=O) groups excluding carboxylic acids is 4. The van der Waals surface area contributed by atoms with Gasteiger partial charge in [0.1, 0.15) is 18.1 Å². The normalized spacial score (nSPS) is 14.6. The van der Waals surface area contributed by atoms with Crippen molar-refractivity contribution in [3.63, 3.8) is 0 Å². The summed E-state index contributed by atoms with van der Waals surface area (Å²) in [7, 11) is 0. The molecule has 13 heteroatoms. The fraction of sp³-hybridized carbons (Fsp3) is 0.667. The van der Waals surface area contributed by atoms with Gasteiger partial charge >= 0.3 is 11.9 Å². The summed E-state index contributed by atoms with van der Waals surface area (Å²) in [5, 5.41) is 24.7. The number of hydrogen-bond donors (Lipinski definition) is 7. The molecule has 4 atom stereocenters. The molecule has 0 aliphatic carbocycles. The van der Waals surface area contributed by atoms with Gasteiger partial charge in [0, 0.05) is 12.8 Å². The lowest BCUT2D eigenvalue weighted by atomic mass is 10.0. The average molecular weight is 445 g/mol. The van der Waals surface area contributed by atoms with Crippen molar-refractivity contribution >= 4 is 35.6 Å². The smallest absolute Gasteiger partial charge is 0.325 e. The first-order valence-electron chi connectivity index (χ1n) is 9.65. The highest BCUT2D eigenvalue weighted by Crippen LogP contribution is 2.05. The molecule has 0 rings (SSSR count). The van der Waals surface area contributed by atoms with Gasteiger partial charge in [-0.2, -0.15) is 0 Å². The number of hydrogen-bond acceptors (Lipinski definition) is 7. The predicted octanol–water partition coefficient (Wildman–Crippen LogP) is -2.34. The van der Waals surface area contributed by atoms with E-state index >= 15 is 0 Å². The molecule has 0 radical (unpaired) electrons. The van der Waals surface area contributed by atoms with Gasteiger partial charge in [-0.1, -0.05) is 13.8 Å². The number of primary amides is 1. The summed E-state index contributed by atoms with van der Waals surface area (Å²) < 4.78 is 0. The van der Waals surface area contributed by atoms with Crippen LogP contribution in [-0.4, -0.2) is 69.9 Å². The molecule has 0 aliphatic heterocycles. The number of rotatable bonds is 14. The average Bonchev–Trinajstić information content (AvgIpc) is 2.66. The Labute approximate surface area is 179 Å². The quantitative estimate of drug-likeness (QED) is 0.151. The van der Waals surface area contributed by atoms with E-state index in [2.05, 4.69) is 16.0 Å². The van der Waals surface area contributed by atoms with E-state index in [0.717, 1.165) is 0 Å². The van der Waals surface area contributed by atoms with Crippen LogP contribution in [0, 0.1) is 5.92 Å². The number of nitrogens with two attached hydrogens (primary N) is 2. The van der Waals surface area contributed by atoms with Crippen molar-refractivity contribution in [1.29, 1.82) is 0 Å². The van der Waals surface area contributed by atoms with Crippen LogP contribution in [0.5, 0.6) is 0 Å². The molecule has 4 amide bonds. The van der Waals surface area contributed by atoms with Crippen LogP contribution in [0.15, 0.2) is 0 Å². The number of aliphatic carboxylic acids is 2. The van der Waals surface area contributed by atoms with Gasteiger partial charge in [-0.25, -0.2) is 0 Å².